The van der Waals surface area contributed by atoms with Crippen molar-refractivity contribution in [3.8, 4) is 0 Å². The highest BCUT2D eigenvalue weighted by molar-refractivity contribution is 9.11. The van der Waals surface area contributed by atoms with Crippen LogP contribution in [0, 0.1) is 20.2 Å². The number of nitro benzene ring substituents is 2. The molecule has 0 aliphatic carbocycles. The summed E-state index contributed by atoms with van der Waals surface area (Å²) in [5.74, 6) is -2.24. The van der Waals surface area contributed by atoms with Gasteiger partial charge in [0.15, 0.2) is 0 Å². The number of hydrogen-bond donors (Lipinski definition) is 6. The van der Waals surface area contributed by atoms with Gasteiger partial charge in [0, 0.05) is 46.5 Å². The van der Waals surface area contributed by atoms with E-state index in [4.69, 9.17) is 0 Å². The van der Waals surface area contributed by atoms with Crippen LogP contribution in [0.15, 0.2) is 80.3 Å². The van der Waals surface area contributed by atoms with Crippen LogP contribution in [0.1, 0.15) is 87.5 Å². The second-order valence-electron chi connectivity index (χ2n) is 11.3. The Bertz CT molecular complexity index is 1930. The van der Waals surface area contributed by atoms with Crippen LogP contribution in [0.5, 0.6) is 0 Å². The average molecular weight is 845 g/mol. The van der Waals surface area contributed by atoms with E-state index in [0.29, 0.717) is 58.1 Å². The molecule has 2 aliphatic heterocycles. The van der Waals surface area contributed by atoms with Crippen molar-refractivity contribution in [2.45, 2.75) is 65.2 Å². The molecule has 0 spiro atoms. The van der Waals surface area contributed by atoms with Crippen molar-refractivity contribution in [1.29, 1.82) is 0 Å². The fraction of sp³-hybridized carbons (Fsp3) is 0.294. The minimum atomic E-state index is -1.06. The van der Waals surface area contributed by atoms with Crippen molar-refractivity contribution >= 4 is 66.8 Å². The molecule has 2 unspecified atom stereocenters. The lowest BCUT2D eigenvalue weighted by Crippen LogP contribution is -2.23. The van der Waals surface area contributed by atoms with Crippen LogP contribution < -0.4 is 10.6 Å². The Morgan fingerprint density at radius 1 is 0.712 bits per heavy atom. The van der Waals surface area contributed by atoms with E-state index in [1.165, 1.54) is 12.1 Å². The molecule has 16 nitrogen and oxygen atoms in total. The summed E-state index contributed by atoms with van der Waals surface area (Å²) in [4.78, 5) is 45.5. The third-order valence-electron chi connectivity index (χ3n) is 8.23. The van der Waals surface area contributed by atoms with Gasteiger partial charge in [-0.05, 0) is 55.8 Å². The largest absolute Gasteiger partial charge is 0.478 e. The zero-order chi connectivity index (χ0) is 38.3. The number of aromatic amines is 2. The van der Waals surface area contributed by atoms with E-state index in [2.05, 4.69) is 62.9 Å². The molecule has 2 aromatic heterocycles. The highest BCUT2D eigenvalue weighted by Crippen LogP contribution is 2.47. The number of halogens is 2. The van der Waals surface area contributed by atoms with Gasteiger partial charge in [-0.3, -0.25) is 30.4 Å². The Morgan fingerprint density at radius 2 is 1.08 bits per heavy atom. The zero-order valence-corrected chi connectivity index (χ0v) is 31.7. The Morgan fingerprint density at radius 3 is 1.38 bits per heavy atom. The molecule has 0 fully saturated rings. The summed E-state index contributed by atoms with van der Waals surface area (Å²) in [7, 11) is 0. The molecule has 6 rings (SSSR count). The average Bonchev–Trinajstić information content (AvgIpc) is 3.78. The molecule has 4 heterocycles. The number of carbonyl (C=O) groups is 2. The van der Waals surface area contributed by atoms with E-state index < -0.39 is 33.6 Å². The number of carboxylic acids is 2. The molecular weight excluding hydrogens is 808 g/mol. The van der Waals surface area contributed by atoms with Gasteiger partial charge in [0.2, 0.25) is 0 Å². The van der Waals surface area contributed by atoms with Crippen LogP contribution >= 0.6 is 31.9 Å². The van der Waals surface area contributed by atoms with Gasteiger partial charge in [0.05, 0.1) is 42.3 Å². The van der Waals surface area contributed by atoms with Crippen LogP contribution in [-0.4, -0.2) is 52.4 Å². The van der Waals surface area contributed by atoms with Crippen LogP contribution in [0.25, 0.3) is 0 Å². The normalized spacial score (nSPS) is 15.8. The van der Waals surface area contributed by atoms with E-state index >= 15 is 0 Å². The van der Waals surface area contributed by atoms with Crippen molar-refractivity contribution in [2.75, 3.05) is 10.6 Å². The van der Waals surface area contributed by atoms with Crippen molar-refractivity contribution in [1.82, 2.24) is 20.4 Å². The van der Waals surface area contributed by atoms with Crippen LogP contribution in [0.2, 0.25) is 0 Å². The number of anilines is 2. The monoisotopic (exact) mass is 842 g/mol. The molecule has 2 aliphatic rings. The summed E-state index contributed by atoms with van der Waals surface area (Å²) in [6.45, 7) is 7.91. The molecule has 6 N–H and O–H groups in total. The molecule has 0 bridgehead atoms. The van der Waals surface area contributed by atoms with E-state index in [-0.39, 0.29) is 31.5 Å². The minimum Gasteiger partial charge on any atom is -0.478 e. The summed E-state index contributed by atoms with van der Waals surface area (Å²) >= 11 is 6.57. The summed E-state index contributed by atoms with van der Waals surface area (Å²) in [6, 6.07) is 9.24. The Balaban J connectivity index is 0.000000222. The fourth-order valence-corrected chi connectivity index (χ4v) is 7.45. The summed E-state index contributed by atoms with van der Waals surface area (Å²) in [5.41, 5.74) is 3.61. The quantitative estimate of drug-likeness (QED) is 0.0650. The maximum absolute atomic E-state index is 12.0. The van der Waals surface area contributed by atoms with E-state index in [0.717, 1.165) is 12.8 Å². The number of allylic oxidation sites excluding steroid dienone is 2. The van der Waals surface area contributed by atoms with Gasteiger partial charge < -0.3 is 20.8 Å². The Kier molecular flexibility index (Phi) is 13.1. The van der Waals surface area contributed by atoms with Gasteiger partial charge in [-0.15, -0.1) is 0 Å². The number of aromatic nitrogens is 4. The topological polar surface area (TPSA) is 242 Å². The van der Waals surface area contributed by atoms with Crippen LogP contribution in [0.4, 0.5) is 23.0 Å². The lowest BCUT2D eigenvalue weighted by Gasteiger charge is -2.28. The number of rotatable bonds is 10. The number of H-pyrrole nitrogens is 2. The van der Waals surface area contributed by atoms with E-state index in [1.807, 2.05) is 27.7 Å². The predicted molar refractivity (Wildman–Crippen MR) is 200 cm³/mol. The summed E-state index contributed by atoms with van der Waals surface area (Å²) in [6.07, 6.45) is 5.69. The first-order chi connectivity index (χ1) is 24.9. The highest BCUT2D eigenvalue weighted by atomic mass is 79.9. The van der Waals surface area contributed by atoms with Crippen molar-refractivity contribution in [3.63, 3.8) is 0 Å². The highest BCUT2D eigenvalue weighted by Gasteiger charge is 2.38. The number of nitrogens with zero attached hydrogens (tertiary/aromatic N) is 4. The molecule has 4 aromatic rings. The molecule has 0 radical (unpaired) electrons. The molecule has 52 heavy (non-hydrogen) atoms. The summed E-state index contributed by atoms with van der Waals surface area (Å²) in [5, 5.41) is 62.0. The van der Waals surface area contributed by atoms with Crippen molar-refractivity contribution in [3.05, 3.63) is 123 Å². The number of carboxylic acid groups (broad SMARTS) is 2. The molecule has 274 valence electrons. The Hall–Kier alpha value is -5.36. The standard InChI is InChI=1S/2C16H15BrN4O4.C2H6/c2*1-2-4-10-13(16(22)23)12(9-7-18-20-15(9)19-10)8-5-3-6-11(14(8)17)21(24)25;1-2/h2*3,5-7,12H,2,4H2,1H3,(H,22,23)(H2,18,19,20);1-2H3. The first-order valence-electron chi connectivity index (χ1n) is 16.3. The van der Waals surface area contributed by atoms with E-state index in [1.54, 1.807) is 36.7 Å². The number of hydrogen-bond acceptors (Lipinski definition) is 10. The molecule has 0 saturated carbocycles. The van der Waals surface area contributed by atoms with Gasteiger partial charge in [0.25, 0.3) is 11.4 Å². The van der Waals surface area contributed by atoms with Crippen molar-refractivity contribution in [2.24, 2.45) is 0 Å². The van der Waals surface area contributed by atoms with Crippen molar-refractivity contribution < 1.29 is 29.6 Å². The number of aliphatic carboxylic acids is 2. The lowest BCUT2D eigenvalue weighted by atomic mass is 9.82. The van der Waals surface area contributed by atoms with Gasteiger partial charge in [-0.1, -0.05) is 64.8 Å². The number of nitro groups is 2. The zero-order valence-electron chi connectivity index (χ0n) is 28.5. The molecule has 18 heteroatoms. The second-order valence-corrected chi connectivity index (χ2v) is 12.9. The van der Waals surface area contributed by atoms with Gasteiger partial charge in [-0.2, -0.15) is 10.2 Å². The first-order valence-corrected chi connectivity index (χ1v) is 17.9. The number of benzene rings is 2. The second kappa shape index (κ2) is 17.2. The van der Waals surface area contributed by atoms with E-state index in [9.17, 15) is 40.0 Å². The molecule has 0 amide bonds. The predicted octanol–water partition coefficient (Wildman–Crippen LogP) is 8.58. The van der Waals surface area contributed by atoms with Gasteiger partial charge >= 0.3 is 11.9 Å². The maximum atomic E-state index is 12.0. The smallest absolute Gasteiger partial charge is 0.334 e. The first kappa shape index (κ1) is 39.4. The number of nitrogens with one attached hydrogen (secondary N) is 4. The third-order valence-corrected chi connectivity index (χ3v) is 9.96. The molecular formula is C34H36Br2N8O8. The molecule has 2 aromatic carbocycles. The lowest BCUT2D eigenvalue weighted by molar-refractivity contribution is -0.385. The van der Waals surface area contributed by atoms with Crippen LogP contribution in [-0.2, 0) is 9.59 Å². The van der Waals surface area contributed by atoms with Crippen LogP contribution in [0.3, 0.4) is 0 Å². The molecule has 2 atom stereocenters. The maximum Gasteiger partial charge on any atom is 0.334 e. The third kappa shape index (κ3) is 7.76. The minimum absolute atomic E-state index is 0.108. The Labute approximate surface area is 314 Å². The number of fused-ring (bicyclic) bond motifs is 2. The SMILES string of the molecule is CC.CCCC1=C(C(=O)O)C(c2cccc([N+](=O)[O-])c2Br)c2cn[nH]c2N1.CCCC1=C(C(=O)O)C(c2cccc([N+](=O)[O-])c2Br)c2cn[nH]c2N1. The van der Waals surface area contributed by atoms with Gasteiger partial charge in [0.1, 0.15) is 11.6 Å². The summed E-state index contributed by atoms with van der Waals surface area (Å²) < 4.78 is 0.544. The van der Waals surface area contributed by atoms with Gasteiger partial charge in [-0.25, -0.2) is 9.59 Å². The fourth-order valence-electron chi connectivity index (χ4n) is 6.17. The molecule has 0 saturated heterocycles.